The zero-order valence-electron chi connectivity index (χ0n) is 14.8. The Labute approximate surface area is 166 Å². The van der Waals surface area contributed by atoms with Gasteiger partial charge in [-0.1, -0.05) is 18.2 Å². The average Bonchev–Trinajstić information content (AvgIpc) is 3.35. The van der Waals surface area contributed by atoms with E-state index in [2.05, 4.69) is 27.4 Å². The van der Waals surface area contributed by atoms with E-state index in [1.54, 1.807) is 30.1 Å². The molecule has 4 rings (SSSR count). The number of ether oxygens (including phenoxy) is 1. The molecule has 3 heterocycles. The molecule has 1 saturated heterocycles. The highest BCUT2D eigenvalue weighted by Crippen LogP contribution is 2.27. The first-order chi connectivity index (χ1) is 13.3. The van der Waals surface area contributed by atoms with Crippen LogP contribution in [0, 0.1) is 0 Å². The minimum absolute atomic E-state index is 0.136. The van der Waals surface area contributed by atoms with Crippen LogP contribution in [0.25, 0.3) is 10.9 Å². The van der Waals surface area contributed by atoms with Gasteiger partial charge in [-0.25, -0.2) is 4.98 Å². The summed E-state index contributed by atoms with van der Waals surface area (Å²) >= 11 is 3.60. The summed E-state index contributed by atoms with van der Waals surface area (Å²) in [6.07, 6.45) is 4.84. The number of carbonyl (C=O) groups is 1. The maximum absolute atomic E-state index is 12.6. The minimum atomic E-state index is -0.136. The van der Waals surface area contributed by atoms with Gasteiger partial charge in [0.25, 0.3) is 5.91 Å². The van der Waals surface area contributed by atoms with Gasteiger partial charge in [-0.15, -0.1) is 11.8 Å². The summed E-state index contributed by atoms with van der Waals surface area (Å²) in [5.74, 6) is 3.15. The fraction of sp³-hybridized carbons (Fsp3) is 0.300. The maximum atomic E-state index is 12.6. The number of H-pyrrole nitrogens is 1. The fourth-order valence-corrected chi connectivity index (χ4v) is 5.00. The lowest BCUT2D eigenvalue weighted by Crippen LogP contribution is -2.27. The van der Waals surface area contributed by atoms with Crippen molar-refractivity contribution in [2.75, 3.05) is 23.8 Å². The monoisotopic (exact) mass is 399 g/mol. The molecule has 1 fully saturated rings. The summed E-state index contributed by atoms with van der Waals surface area (Å²) < 4.78 is 5.94. The van der Waals surface area contributed by atoms with E-state index in [9.17, 15) is 4.79 Å². The van der Waals surface area contributed by atoms with E-state index >= 15 is 0 Å². The van der Waals surface area contributed by atoms with Gasteiger partial charge in [0, 0.05) is 46.2 Å². The van der Waals surface area contributed by atoms with Crippen LogP contribution >= 0.6 is 23.5 Å². The normalized spacial score (nSPS) is 16.5. The Morgan fingerprint density at radius 3 is 3.15 bits per heavy atom. The molecule has 0 aliphatic carbocycles. The average molecular weight is 400 g/mol. The smallest absolute Gasteiger partial charge is 0.256 e. The molecule has 1 aliphatic rings. The SMILES string of the molecule is O=C(NCCSc1c[nH]c2ccccc12)c1cccnc1OC1CCSC1. The molecule has 3 aromatic rings. The molecule has 0 spiro atoms. The molecule has 27 heavy (non-hydrogen) atoms. The first-order valence-corrected chi connectivity index (χ1v) is 11.1. The first-order valence-electron chi connectivity index (χ1n) is 8.98. The van der Waals surface area contributed by atoms with Gasteiger partial charge in [0.1, 0.15) is 11.7 Å². The zero-order chi connectivity index (χ0) is 18.5. The third-order valence-electron chi connectivity index (χ3n) is 4.38. The number of nitrogens with zero attached hydrogens (tertiary/aromatic N) is 1. The van der Waals surface area contributed by atoms with E-state index in [0.717, 1.165) is 29.2 Å². The van der Waals surface area contributed by atoms with Crippen LogP contribution in [-0.4, -0.2) is 45.8 Å². The number of benzene rings is 1. The minimum Gasteiger partial charge on any atom is -0.473 e. The van der Waals surface area contributed by atoms with Crippen LogP contribution in [0.2, 0.25) is 0 Å². The molecule has 0 saturated carbocycles. The van der Waals surface area contributed by atoms with E-state index in [-0.39, 0.29) is 12.0 Å². The molecule has 1 atom stereocenters. The van der Waals surface area contributed by atoms with Crippen molar-refractivity contribution in [1.82, 2.24) is 15.3 Å². The molecule has 1 aliphatic heterocycles. The van der Waals surface area contributed by atoms with Gasteiger partial charge in [0.2, 0.25) is 5.88 Å². The van der Waals surface area contributed by atoms with Gasteiger partial charge in [-0.3, -0.25) is 4.79 Å². The summed E-state index contributed by atoms with van der Waals surface area (Å²) in [6.45, 7) is 0.580. The molecular formula is C20H21N3O2S2. The highest BCUT2D eigenvalue weighted by atomic mass is 32.2. The third kappa shape index (κ3) is 4.42. The van der Waals surface area contributed by atoms with Crippen molar-refractivity contribution in [3.8, 4) is 5.88 Å². The molecule has 1 amide bonds. The quantitative estimate of drug-likeness (QED) is 0.465. The molecule has 0 radical (unpaired) electrons. The number of nitrogens with one attached hydrogen (secondary N) is 2. The Bertz CT molecular complexity index is 922. The van der Waals surface area contributed by atoms with Crippen LogP contribution in [0.4, 0.5) is 0 Å². The Morgan fingerprint density at radius 1 is 1.33 bits per heavy atom. The van der Waals surface area contributed by atoms with Crippen LogP contribution < -0.4 is 10.1 Å². The number of aromatic nitrogens is 2. The van der Waals surface area contributed by atoms with Crippen molar-refractivity contribution in [1.29, 1.82) is 0 Å². The summed E-state index contributed by atoms with van der Waals surface area (Å²) in [6, 6.07) is 11.8. The van der Waals surface area contributed by atoms with Gasteiger partial charge in [0.05, 0.1) is 0 Å². The third-order valence-corrected chi connectivity index (χ3v) is 6.57. The number of amides is 1. The number of hydrogen-bond donors (Lipinski definition) is 2. The number of hydrogen-bond acceptors (Lipinski definition) is 5. The highest BCUT2D eigenvalue weighted by Gasteiger charge is 2.21. The number of rotatable bonds is 7. The van der Waals surface area contributed by atoms with Gasteiger partial charge >= 0.3 is 0 Å². The van der Waals surface area contributed by atoms with Crippen LogP contribution in [0.15, 0.2) is 53.7 Å². The second kappa shape index (κ2) is 8.71. The number of fused-ring (bicyclic) bond motifs is 1. The van der Waals surface area contributed by atoms with Gasteiger partial charge in [-0.2, -0.15) is 11.8 Å². The lowest BCUT2D eigenvalue weighted by atomic mass is 10.2. The summed E-state index contributed by atoms with van der Waals surface area (Å²) in [5, 5.41) is 4.19. The summed E-state index contributed by atoms with van der Waals surface area (Å²) in [4.78, 5) is 21.3. The van der Waals surface area contributed by atoms with Crippen molar-refractivity contribution < 1.29 is 9.53 Å². The van der Waals surface area contributed by atoms with Gasteiger partial charge < -0.3 is 15.0 Å². The predicted molar refractivity (Wildman–Crippen MR) is 112 cm³/mol. The fourth-order valence-electron chi connectivity index (χ4n) is 3.01. The van der Waals surface area contributed by atoms with E-state index in [0.29, 0.717) is 18.0 Å². The number of thioether (sulfide) groups is 2. The van der Waals surface area contributed by atoms with E-state index in [4.69, 9.17) is 4.74 Å². The molecule has 0 bridgehead atoms. The first kappa shape index (κ1) is 18.3. The van der Waals surface area contributed by atoms with Crippen LogP contribution in [0.1, 0.15) is 16.8 Å². The molecular weight excluding hydrogens is 378 g/mol. The van der Waals surface area contributed by atoms with Gasteiger partial charge in [0.15, 0.2) is 0 Å². The zero-order valence-corrected chi connectivity index (χ0v) is 16.4. The van der Waals surface area contributed by atoms with Crippen LogP contribution in [0.5, 0.6) is 5.88 Å². The van der Waals surface area contributed by atoms with E-state index < -0.39 is 0 Å². The highest BCUT2D eigenvalue weighted by molar-refractivity contribution is 7.99. The lowest BCUT2D eigenvalue weighted by molar-refractivity contribution is 0.0948. The topological polar surface area (TPSA) is 67.0 Å². The van der Waals surface area contributed by atoms with E-state index in [1.165, 1.54) is 10.3 Å². The van der Waals surface area contributed by atoms with Crippen LogP contribution in [0.3, 0.4) is 0 Å². The van der Waals surface area contributed by atoms with Crippen molar-refractivity contribution in [2.24, 2.45) is 0 Å². The number of pyridine rings is 1. The summed E-state index contributed by atoms with van der Waals surface area (Å²) in [7, 11) is 0. The summed E-state index contributed by atoms with van der Waals surface area (Å²) in [5.41, 5.74) is 1.64. The van der Waals surface area contributed by atoms with Crippen molar-refractivity contribution >= 4 is 40.3 Å². The standard InChI is InChI=1S/C20H21N3O2S2/c24-19(16-5-3-8-22-20(16)25-14-7-10-26-13-14)21-9-11-27-18-12-23-17-6-2-1-4-15(17)18/h1-6,8,12,14,23H,7,9-11,13H2,(H,21,24). The van der Waals surface area contributed by atoms with Crippen LogP contribution in [-0.2, 0) is 0 Å². The predicted octanol–water partition coefficient (Wildman–Crippen LogP) is 3.97. The Kier molecular flexibility index (Phi) is 5.89. The second-order valence-electron chi connectivity index (χ2n) is 6.26. The molecule has 2 N–H and O–H groups in total. The van der Waals surface area contributed by atoms with E-state index in [1.807, 2.05) is 30.1 Å². The number of carbonyl (C=O) groups excluding carboxylic acids is 1. The molecule has 5 nitrogen and oxygen atoms in total. The number of aromatic amines is 1. The largest absolute Gasteiger partial charge is 0.473 e. The lowest BCUT2D eigenvalue weighted by Gasteiger charge is -2.14. The molecule has 1 aromatic carbocycles. The van der Waals surface area contributed by atoms with Crippen molar-refractivity contribution in [3.63, 3.8) is 0 Å². The van der Waals surface area contributed by atoms with Gasteiger partial charge in [-0.05, 0) is 30.4 Å². The Balaban J connectivity index is 1.32. The maximum Gasteiger partial charge on any atom is 0.256 e. The van der Waals surface area contributed by atoms with Crippen molar-refractivity contribution in [2.45, 2.75) is 17.4 Å². The Morgan fingerprint density at radius 2 is 2.26 bits per heavy atom. The molecule has 2 aromatic heterocycles. The molecule has 140 valence electrons. The van der Waals surface area contributed by atoms with Crippen molar-refractivity contribution in [3.05, 3.63) is 54.4 Å². The number of para-hydroxylation sites is 1. The molecule has 7 heteroatoms. The second-order valence-corrected chi connectivity index (χ2v) is 8.55. The Hall–Kier alpha value is -2.12. The molecule has 1 unspecified atom stereocenters.